The first kappa shape index (κ1) is 8.50. The number of hydrogen-bond donors (Lipinski definition) is 1. The van der Waals surface area contributed by atoms with Crippen LogP contribution in [0.25, 0.3) is 0 Å². The molecule has 0 aliphatic heterocycles. The predicted molar refractivity (Wildman–Crippen MR) is 36.7 cm³/mol. The van der Waals surface area contributed by atoms with Gasteiger partial charge in [-0.1, -0.05) is 0 Å². The quantitative estimate of drug-likeness (QED) is 0.478. The lowest BCUT2D eigenvalue weighted by molar-refractivity contribution is -0.131. The number of aliphatic carboxylic acids is 1. The van der Waals surface area contributed by atoms with E-state index in [0.717, 1.165) is 6.08 Å². The maximum absolute atomic E-state index is 9.98. The summed E-state index contributed by atoms with van der Waals surface area (Å²) in [5.74, 6) is -0.944. The number of alkyl halides is 1. The summed E-state index contributed by atoms with van der Waals surface area (Å²) in [5.41, 5.74) is 0.671. The average molecular weight is 149 g/mol. The van der Waals surface area contributed by atoms with Crippen molar-refractivity contribution in [2.45, 2.75) is 19.2 Å². The van der Waals surface area contributed by atoms with Crippen LogP contribution < -0.4 is 0 Å². The lowest BCUT2D eigenvalue weighted by atomic mass is 10.2. The van der Waals surface area contributed by atoms with E-state index in [-0.39, 0.29) is 5.38 Å². The van der Waals surface area contributed by atoms with Crippen molar-refractivity contribution in [1.29, 1.82) is 0 Å². The van der Waals surface area contributed by atoms with Crippen LogP contribution in [0.3, 0.4) is 0 Å². The SMILES string of the molecule is C/C(=C\C(=O)O)C(C)Cl. The molecule has 0 aliphatic rings. The largest absolute Gasteiger partial charge is 0.478 e. The Bertz CT molecular complexity index is 138. The van der Waals surface area contributed by atoms with Gasteiger partial charge < -0.3 is 5.11 Å². The monoisotopic (exact) mass is 148 g/mol. The van der Waals surface area contributed by atoms with E-state index in [4.69, 9.17) is 16.7 Å². The minimum Gasteiger partial charge on any atom is -0.478 e. The van der Waals surface area contributed by atoms with E-state index in [2.05, 4.69) is 0 Å². The first-order valence-electron chi connectivity index (χ1n) is 2.59. The highest BCUT2D eigenvalue weighted by Gasteiger charge is 1.99. The molecule has 0 aromatic heterocycles. The van der Waals surface area contributed by atoms with Gasteiger partial charge in [0, 0.05) is 6.08 Å². The van der Waals surface area contributed by atoms with Gasteiger partial charge in [-0.25, -0.2) is 4.79 Å². The van der Waals surface area contributed by atoms with Crippen LogP contribution in [0.1, 0.15) is 13.8 Å². The number of allylic oxidation sites excluding steroid dienone is 1. The van der Waals surface area contributed by atoms with Crippen molar-refractivity contribution < 1.29 is 9.90 Å². The van der Waals surface area contributed by atoms with Crippen LogP contribution >= 0.6 is 11.6 Å². The average Bonchev–Trinajstić information content (AvgIpc) is 1.63. The van der Waals surface area contributed by atoms with Crippen molar-refractivity contribution in [2.75, 3.05) is 0 Å². The van der Waals surface area contributed by atoms with Crippen molar-refractivity contribution in [3.8, 4) is 0 Å². The van der Waals surface area contributed by atoms with Crippen LogP contribution in [0.15, 0.2) is 11.6 Å². The molecular formula is C6H9ClO2. The molecule has 1 atom stereocenters. The molecule has 1 unspecified atom stereocenters. The molecule has 52 valence electrons. The second kappa shape index (κ2) is 3.51. The fourth-order valence-corrected chi connectivity index (χ4v) is 0.373. The molecule has 9 heavy (non-hydrogen) atoms. The van der Waals surface area contributed by atoms with Gasteiger partial charge in [0.2, 0.25) is 0 Å². The second-order valence-corrected chi connectivity index (χ2v) is 2.50. The highest BCUT2D eigenvalue weighted by molar-refractivity contribution is 6.22. The third-order valence-corrected chi connectivity index (χ3v) is 1.32. The summed E-state index contributed by atoms with van der Waals surface area (Å²) in [7, 11) is 0. The Morgan fingerprint density at radius 2 is 2.22 bits per heavy atom. The molecule has 0 aliphatic carbocycles. The zero-order valence-corrected chi connectivity index (χ0v) is 6.14. The van der Waals surface area contributed by atoms with E-state index in [0.29, 0.717) is 5.57 Å². The molecule has 0 amide bonds. The highest BCUT2D eigenvalue weighted by atomic mass is 35.5. The molecule has 0 saturated heterocycles. The zero-order valence-electron chi connectivity index (χ0n) is 5.39. The molecule has 0 aromatic rings. The third kappa shape index (κ3) is 4.03. The molecule has 3 heteroatoms. The van der Waals surface area contributed by atoms with Crippen LogP contribution in [0, 0.1) is 0 Å². The maximum atomic E-state index is 9.98. The number of carbonyl (C=O) groups is 1. The minimum absolute atomic E-state index is 0.193. The van der Waals surface area contributed by atoms with Gasteiger partial charge in [-0.05, 0) is 19.4 Å². The van der Waals surface area contributed by atoms with E-state index in [9.17, 15) is 4.79 Å². The minimum atomic E-state index is -0.944. The highest BCUT2D eigenvalue weighted by Crippen LogP contribution is 2.06. The second-order valence-electron chi connectivity index (χ2n) is 1.84. The fraction of sp³-hybridized carbons (Fsp3) is 0.500. The Labute approximate surface area is 59.1 Å². The Morgan fingerprint density at radius 1 is 1.78 bits per heavy atom. The topological polar surface area (TPSA) is 37.3 Å². The molecular weight excluding hydrogens is 140 g/mol. The Kier molecular flexibility index (Phi) is 3.32. The fourth-order valence-electron chi connectivity index (χ4n) is 0.310. The van der Waals surface area contributed by atoms with Crippen LogP contribution in [0.2, 0.25) is 0 Å². The van der Waals surface area contributed by atoms with Crippen LogP contribution in [0.5, 0.6) is 0 Å². The van der Waals surface area contributed by atoms with E-state index in [1.165, 1.54) is 0 Å². The summed E-state index contributed by atoms with van der Waals surface area (Å²) in [6, 6.07) is 0. The number of carboxylic acid groups (broad SMARTS) is 1. The summed E-state index contributed by atoms with van der Waals surface area (Å²) in [5, 5.41) is 8.00. The molecule has 1 N–H and O–H groups in total. The Hall–Kier alpha value is -0.500. The van der Waals surface area contributed by atoms with E-state index < -0.39 is 5.97 Å². The lowest BCUT2D eigenvalue weighted by Crippen LogP contribution is -1.97. The van der Waals surface area contributed by atoms with Crippen LogP contribution in [-0.2, 0) is 4.79 Å². The van der Waals surface area contributed by atoms with Gasteiger partial charge in [-0.2, -0.15) is 0 Å². The van der Waals surface area contributed by atoms with E-state index >= 15 is 0 Å². The van der Waals surface area contributed by atoms with Crippen molar-refractivity contribution in [1.82, 2.24) is 0 Å². The zero-order chi connectivity index (χ0) is 7.44. The van der Waals surface area contributed by atoms with Crippen molar-refractivity contribution >= 4 is 17.6 Å². The van der Waals surface area contributed by atoms with Crippen LogP contribution in [-0.4, -0.2) is 16.5 Å². The summed E-state index contributed by atoms with van der Waals surface area (Å²) in [6.45, 7) is 3.42. The van der Waals surface area contributed by atoms with E-state index in [1.54, 1.807) is 13.8 Å². The lowest BCUT2D eigenvalue weighted by Gasteiger charge is -1.98. The first-order valence-corrected chi connectivity index (χ1v) is 3.03. The number of halogens is 1. The van der Waals surface area contributed by atoms with Crippen molar-refractivity contribution in [3.05, 3.63) is 11.6 Å². The smallest absolute Gasteiger partial charge is 0.328 e. The summed E-state index contributed by atoms with van der Waals surface area (Å²) >= 11 is 5.54. The number of rotatable bonds is 2. The summed E-state index contributed by atoms with van der Waals surface area (Å²) < 4.78 is 0. The number of carboxylic acids is 1. The van der Waals surface area contributed by atoms with Gasteiger partial charge in [-0.3, -0.25) is 0 Å². The predicted octanol–water partition coefficient (Wildman–Crippen LogP) is 1.64. The molecule has 0 rings (SSSR count). The van der Waals surface area contributed by atoms with Gasteiger partial charge in [0.15, 0.2) is 0 Å². The normalized spacial score (nSPS) is 15.2. The molecule has 0 fully saturated rings. The Morgan fingerprint density at radius 3 is 2.33 bits per heavy atom. The van der Waals surface area contributed by atoms with Crippen molar-refractivity contribution in [3.63, 3.8) is 0 Å². The van der Waals surface area contributed by atoms with Crippen molar-refractivity contribution in [2.24, 2.45) is 0 Å². The molecule has 0 spiro atoms. The number of hydrogen-bond acceptors (Lipinski definition) is 1. The van der Waals surface area contributed by atoms with Gasteiger partial charge in [0.05, 0.1) is 5.38 Å². The summed E-state index contributed by atoms with van der Waals surface area (Å²) in [4.78, 5) is 9.98. The van der Waals surface area contributed by atoms with Crippen LogP contribution in [0.4, 0.5) is 0 Å². The maximum Gasteiger partial charge on any atom is 0.328 e. The van der Waals surface area contributed by atoms with Gasteiger partial charge in [0.1, 0.15) is 0 Å². The van der Waals surface area contributed by atoms with Gasteiger partial charge in [0.25, 0.3) is 0 Å². The summed E-state index contributed by atoms with van der Waals surface area (Å²) in [6.07, 6.45) is 1.11. The Balaban J connectivity index is 4.00. The first-order chi connectivity index (χ1) is 4.04. The molecule has 0 radical (unpaired) electrons. The molecule has 0 bridgehead atoms. The third-order valence-electron chi connectivity index (χ3n) is 0.979. The molecule has 0 heterocycles. The van der Waals surface area contributed by atoms with Gasteiger partial charge >= 0.3 is 5.97 Å². The standard InChI is InChI=1S/C6H9ClO2/c1-4(5(2)7)3-6(8)9/h3,5H,1-2H3,(H,8,9)/b4-3+. The molecule has 2 nitrogen and oxygen atoms in total. The molecule has 0 saturated carbocycles. The van der Waals surface area contributed by atoms with Gasteiger partial charge in [-0.15, -0.1) is 11.6 Å². The molecule has 0 aromatic carbocycles. The van der Waals surface area contributed by atoms with E-state index in [1.807, 2.05) is 0 Å².